The Morgan fingerprint density at radius 2 is 2.15 bits per heavy atom. The minimum absolute atomic E-state index is 0.0294. The molecule has 0 radical (unpaired) electrons. The molecule has 1 aliphatic heterocycles. The predicted octanol–water partition coefficient (Wildman–Crippen LogP) is 1.45. The van der Waals surface area contributed by atoms with Gasteiger partial charge >= 0.3 is 0 Å². The van der Waals surface area contributed by atoms with Crippen LogP contribution < -0.4 is 0 Å². The first-order chi connectivity index (χ1) is 6.08. The molecule has 0 bridgehead atoms. The van der Waals surface area contributed by atoms with Gasteiger partial charge in [-0.2, -0.15) is 0 Å². The molecule has 1 saturated heterocycles. The largest absolute Gasteiger partial charge is 0.382 e. The first-order valence-electron chi connectivity index (χ1n) is 5.33. The first-order valence-corrected chi connectivity index (χ1v) is 7.15. The minimum atomic E-state index is -0.159. The Labute approximate surface area is 83.8 Å². The fraction of sp³-hybridized carbons (Fsp3) is 1.00. The van der Waals surface area contributed by atoms with Gasteiger partial charge in [0.15, 0.2) is 0 Å². The molecule has 1 fully saturated rings. The molecule has 13 heavy (non-hydrogen) atoms. The van der Waals surface area contributed by atoms with Crippen molar-refractivity contribution in [3.8, 4) is 0 Å². The molecule has 1 aliphatic rings. The lowest BCUT2D eigenvalue weighted by Gasteiger charge is -2.24. The van der Waals surface area contributed by atoms with E-state index in [0.29, 0.717) is 5.73 Å². The van der Waals surface area contributed by atoms with Gasteiger partial charge in [0.25, 0.3) is 0 Å². The smallest absolute Gasteiger partial charge is 0.0861 e. The van der Waals surface area contributed by atoms with Gasteiger partial charge in [0.2, 0.25) is 0 Å². The van der Waals surface area contributed by atoms with Crippen LogP contribution in [0.4, 0.5) is 0 Å². The molecule has 0 aromatic carbocycles. The van der Waals surface area contributed by atoms with Gasteiger partial charge in [-0.15, -0.1) is 0 Å². The third kappa shape index (κ3) is 5.44. The summed E-state index contributed by atoms with van der Waals surface area (Å²) in [5, 5.41) is 0. The SMILES string of the molecule is CC(C)(C)OC[SiH2]C1CCCCO1. The zero-order chi connectivity index (χ0) is 9.73. The summed E-state index contributed by atoms with van der Waals surface area (Å²) < 4.78 is 11.4. The Kier molecular flexibility index (Phi) is 4.42. The fourth-order valence-corrected chi connectivity index (χ4v) is 3.44. The van der Waals surface area contributed by atoms with Crippen molar-refractivity contribution < 1.29 is 9.47 Å². The monoisotopic (exact) mass is 202 g/mol. The lowest BCUT2D eigenvalue weighted by Crippen LogP contribution is -2.31. The molecule has 0 aliphatic carbocycles. The third-order valence-corrected chi connectivity index (χ3v) is 3.98. The summed E-state index contributed by atoms with van der Waals surface area (Å²) in [6, 6.07) is 0. The van der Waals surface area contributed by atoms with Crippen LogP contribution in [-0.4, -0.2) is 33.7 Å². The molecular formula is C10H22O2Si. The summed E-state index contributed by atoms with van der Waals surface area (Å²) in [6.45, 7) is 7.32. The molecule has 78 valence electrons. The second kappa shape index (κ2) is 5.13. The average Bonchev–Trinajstić information content (AvgIpc) is 2.04. The quantitative estimate of drug-likeness (QED) is 0.645. The van der Waals surface area contributed by atoms with Crippen LogP contribution in [0.3, 0.4) is 0 Å². The van der Waals surface area contributed by atoms with Gasteiger partial charge < -0.3 is 9.47 Å². The molecule has 3 heteroatoms. The molecule has 1 rings (SSSR count). The molecule has 0 N–H and O–H groups in total. The van der Waals surface area contributed by atoms with Crippen LogP contribution in [0.25, 0.3) is 0 Å². The van der Waals surface area contributed by atoms with E-state index >= 15 is 0 Å². The van der Waals surface area contributed by atoms with Crippen molar-refractivity contribution in [2.75, 3.05) is 12.8 Å². The highest BCUT2D eigenvalue weighted by Crippen LogP contribution is 2.12. The van der Waals surface area contributed by atoms with Gasteiger partial charge in [-0.1, -0.05) is 0 Å². The Balaban J connectivity index is 2.04. The molecule has 1 atom stereocenters. The van der Waals surface area contributed by atoms with E-state index in [2.05, 4.69) is 20.8 Å². The summed E-state index contributed by atoms with van der Waals surface area (Å²) >= 11 is 0. The maximum atomic E-state index is 5.71. The maximum absolute atomic E-state index is 5.71. The second-order valence-corrected chi connectivity index (χ2v) is 6.63. The molecule has 0 aromatic rings. The van der Waals surface area contributed by atoms with E-state index in [1.165, 1.54) is 19.3 Å². The van der Waals surface area contributed by atoms with Crippen LogP contribution in [-0.2, 0) is 9.47 Å². The van der Waals surface area contributed by atoms with Crippen LogP contribution in [0.5, 0.6) is 0 Å². The molecule has 0 spiro atoms. The van der Waals surface area contributed by atoms with Crippen LogP contribution in [0.2, 0.25) is 0 Å². The van der Waals surface area contributed by atoms with E-state index in [4.69, 9.17) is 9.47 Å². The number of hydrogen-bond acceptors (Lipinski definition) is 2. The zero-order valence-corrected chi connectivity index (χ0v) is 10.6. The third-order valence-electron chi connectivity index (χ3n) is 2.25. The van der Waals surface area contributed by atoms with E-state index in [-0.39, 0.29) is 15.1 Å². The fourth-order valence-electron chi connectivity index (χ4n) is 1.53. The van der Waals surface area contributed by atoms with Gasteiger partial charge in [-0.25, -0.2) is 0 Å². The van der Waals surface area contributed by atoms with Gasteiger partial charge in [-0.05, 0) is 40.0 Å². The molecule has 1 heterocycles. The van der Waals surface area contributed by atoms with Crippen molar-refractivity contribution >= 4 is 9.52 Å². The lowest BCUT2D eigenvalue weighted by atomic mass is 10.2. The normalized spacial score (nSPS) is 25.6. The molecule has 0 saturated carbocycles. The predicted molar refractivity (Wildman–Crippen MR) is 57.8 cm³/mol. The molecule has 0 amide bonds. The summed E-state index contributed by atoms with van der Waals surface area (Å²) in [6.07, 6.45) is 4.85. The molecular weight excluding hydrogens is 180 g/mol. The summed E-state index contributed by atoms with van der Waals surface area (Å²) in [5.41, 5.74) is 0.623. The minimum Gasteiger partial charge on any atom is -0.382 e. The van der Waals surface area contributed by atoms with E-state index < -0.39 is 0 Å². The highest BCUT2D eigenvalue weighted by molar-refractivity contribution is 6.37. The van der Waals surface area contributed by atoms with Crippen molar-refractivity contribution in [3.63, 3.8) is 0 Å². The van der Waals surface area contributed by atoms with E-state index in [1.807, 2.05) is 0 Å². The maximum Gasteiger partial charge on any atom is 0.0861 e. The number of ether oxygens (including phenoxy) is 2. The van der Waals surface area contributed by atoms with E-state index in [1.54, 1.807) is 0 Å². The highest BCUT2D eigenvalue weighted by Gasteiger charge is 2.16. The van der Waals surface area contributed by atoms with Crippen LogP contribution in [0.15, 0.2) is 0 Å². The Bertz CT molecular complexity index is 136. The lowest BCUT2D eigenvalue weighted by molar-refractivity contribution is 0.0170. The molecule has 0 aromatic heterocycles. The van der Waals surface area contributed by atoms with Crippen molar-refractivity contribution in [2.24, 2.45) is 0 Å². The topological polar surface area (TPSA) is 18.5 Å². The Morgan fingerprint density at radius 1 is 1.38 bits per heavy atom. The zero-order valence-electron chi connectivity index (χ0n) is 9.14. The van der Waals surface area contributed by atoms with Gasteiger partial charge in [0, 0.05) is 18.6 Å². The van der Waals surface area contributed by atoms with Crippen LogP contribution in [0, 0.1) is 0 Å². The van der Waals surface area contributed by atoms with Crippen LogP contribution >= 0.6 is 0 Å². The Hall–Kier alpha value is 0.137. The van der Waals surface area contributed by atoms with Crippen molar-refractivity contribution in [2.45, 2.75) is 51.4 Å². The highest BCUT2D eigenvalue weighted by atomic mass is 28.2. The van der Waals surface area contributed by atoms with Gasteiger partial charge in [-0.3, -0.25) is 0 Å². The second-order valence-electron chi connectivity index (χ2n) is 4.74. The average molecular weight is 202 g/mol. The summed E-state index contributed by atoms with van der Waals surface area (Å²) in [5.74, 6) is 0. The Morgan fingerprint density at radius 3 is 2.69 bits per heavy atom. The molecule has 1 unspecified atom stereocenters. The van der Waals surface area contributed by atoms with Crippen molar-refractivity contribution in [1.82, 2.24) is 0 Å². The summed E-state index contributed by atoms with van der Waals surface area (Å²) in [7, 11) is -0.159. The van der Waals surface area contributed by atoms with Crippen molar-refractivity contribution in [1.29, 1.82) is 0 Å². The first kappa shape index (κ1) is 11.2. The standard InChI is InChI=1S/C10H22O2Si/c1-10(2,3)12-8-13-9-6-4-5-7-11-9/h9H,4-8,13H2,1-3H3. The van der Waals surface area contributed by atoms with E-state index in [0.717, 1.165) is 12.8 Å². The van der Waals surface area contributed by atoms with Crippen LogP contribution in [0.1, 0.15) is 40.0 Å². The van der Waals surface area contributed by atoms with Gasteiger partial charge in [0.1, 0.15) is 0 Å². The summed E-state index contributed by atoms with van der Waals surface area (Å²) in [4.78, 5) is 0. The van der Waals surface area contributed by atoms with Gasteiger partial charge in [0.05, 0.1) is 15.1 Å². The van der Waals surface area contributed by atoms with E-state index in [9.17, 15) is 0 Å². The number of hydrogen-bond donors (Lipinski definition) is 0. The van der Waals surface area contributed by atoms with Crippen molar-refractivity contribution in [3.05, 3.63) is 0 Å². The molecule has 2 nitrogen and oxygen atoms in total. The number of rotatable bonds is 3.